The predicted octanol–water partition coefficient (Wildman–Crippen LogP) is 7.98. The first kappa shape index (κ1) is 22.3. The van der Waals surface area contributed by atoms with Crippen molar-refractivity contribution in [2.24, 2.45) is 0 Å². The van der Waals surface area contributed by atoms with Gasteiger partial charge in [-0.3, -0.25) is 0 Å². The molecule has 38 heavy (non-hydrogen) atoms. The van der Waals surface area contributed by atoms with Gasteiger partial charge in [-0.15, -0.1) is 0 Å². The third kappa shape index (κ3) is 3.87. The smallest absolute Gasteiger partial charge is 0.0945 e. The fourth-order valence-electron chi connectivity index (χ4n) is 5.64. The first-order chi connectivity index (χ1) is 18.9. The van der Waals surface area contributed by atoms with Crippen LogP contribution in [0.1, 0.15) is 34.6 Å². The van der Waals surface area contributed by atoms with E-state index in [-0.39, 0.29) is 12.1 Å². The molecule has 184 valence electrons. The van der Waals surface area contributed by atoms with Gasteiger partial charge >= 0.3 is 0 Å². The molecule has 0 aliphatic heterocycles. The summed E-state index contributed by atoms with van der Waals surface area (Å²) in [6, 6.07) is 46.7. The van der Waals surface area contributed by atoms with Gasteiger partial charge < -0.3 is 19.8 Å². The van der Waals surface area contributed by atoms with Crippen molar-refractivity contribution in [1.82, 2.24) is 9.13 Å². The third-order valence-electron chi connectivity index (χ3n) is 7.32. The highest BCUT2D eigenvalue weighted by molar-refractivity contribution is 5.62. The van der Waals surface area contributed by atoms with E-state index in [2.05, 4.69) is 166 Å². The van der Waals surface area contributed by atoms with Gasteiger partial charge in [-0.05, 0) is 60.7 Å². The number of benzene rings is 4. The molecule has 4 nitrogen and oxygen atoms in total. The van der Waals surface area contributed by atoms with Crippen LogP contribution in [-0.2, 0) is 0 Å². The van der Waals surface area contributed by atoms with Crippen LogP contribution < -0.4 is 10.6 Å². The second kappa shape index (κ2) is 9.49. The molecule has 0 bridgehead atoms. The number of nitrogens with one attached hydrogen (secondary N) is 2. The van der Waals surface area contributed by atoms with E-state index in [0.717, 1.165) is 22.7 Å². The van der Waals surface area contributed by atoms with Gasteiger partial charge in [-0.25, -0.2) is 0 Å². The number of fused-ring (bicyclic) bond motifs is 2. The monoisotopic (exact) mass is 492 g/mol. The normalized spacial score (nSPS) is 15.9. The second-order valence-corrected chi connectivity index (χ2v) is 9.61. The summed E-state index contributed by atoms with van der Waals surface area (Å²) < 4.78 is 4.66. The van der Waals surface area contributed by atoms with Crippen LogP contribution >= 0.6 is 0 Å². The quantitative estimate of drug-likeness (QED) is 0.247. The number of aromatic nitrogens is 2. The number of nitrogens with zero attached hydrogens (tertiary/aromatic N) is 2. The van der Waals surface area contributed by atoms with Crippen molar-refractivity contribution in [3.8, 4) is 11.4 Å². The molecule has 0 radical (unpaired) electrons. The Morgan fingerprint density at radius 2 is 0.737 bits per heavy atom. The van der Waals surface area contributed by atoms with Crippen LogP contribution in [-0.4, -0.2) is 9.13 Å². The summed E-state index contributed by atoms with van der Waals surface area (Å²) in [5.74, 6) is 0. The van der Waals surface area contributed by atoms with Crippen molar-refractivity contribution >= 4 is 11.4 Å². The molecule has 0 saturated heterocycles. The van der Waals surface area contributed by atoms with Gasteiger partial charge in [0.1, 0.15) is 0 Å². The molecular formula is C34H28N4. The Morgan fingerprint density at radius 1 is 0.395 bits per heavy atom. The highest BCUT2D eigenvalue weighted by Gasteiger charge is 2.38. The minimum atomic E-state index is -0.0311. The Hall–Kier alpha value is -4.96. The summed E-state index contributed by atoms with van der Waals surface area (Å²) in [6.07, 6.45) is 4.41. The van der Waals surface area contributed by atoms with E-state index in [1.807, 2.05) is 0 Å². The lowest BCUT2D eigenvalue weighted by Crippen LogP contribution is -2.29. The summed E-state index contributed by atoms with van der Waals surface area (Å²) >= 11 is 0. The number of hydrogen-bond acceptors (Lipinski definition) is 2. The van der Waals surface area contributed by atoms with Gasteiger partial charge in [0.15, 0.2) is 0 Å². The van der Waals surface area contributed by atoms with E-state index in [1.165, 1.54) is 22.5 Å². The third-order valence-corrected chi connectivity index (χ3v) is 7.32. The summed E-state index contributed by atoms with van der Waals surface area (Å²) in [4.78, 5) is 0. The van der Waals surface area contributed by atoms with E-state index < -0.39 is 0 Å². The lowest BCUT2D eigenvalue weighted by atomic mass is 9.86. The molecule has 6 aromatic rings. The van der Waals surface area contributed by atoms with Crippen LogP contribution in [0.3, 0.4) is 0 Å². The summed E-state index contributed by atoms with van der Waals surface area (Å²) in [6.45, 7) is 0. The highest BCUT2D eigenvalue weighted by atomic mass is 15.1. The zero-order valence-corrected chi connectivity index (χ0v) is 20.9. The largest absolute Gasteiger partial charge is 0.373 e. The lowest BCUT2D eigenvalue weighted by molar-refractivity contribution is 0.719. The maximum absolute atomic E-state index is 3.88. The van der Waals surface area contributed by atoms with Gasteiger partial charge in [0.05, 0.1) is 23.5 Å². The van der Waals surface area contributed by atoms with Crippen molar-refractivity contribution in [2.75, 3.05) is 10.6 Å². The van der Waals surface area contributed by atoms with Crippen LogP contribution in [0.2, 0.25) is 0 Å². The zero-order valence-electron chi connectivity index (χ0n) is 20.9. The topological polar surface area (TPSA) is 33.9 Å². The summed E-state index contributed by atoms with van der Waals surface area (Å²) in [5.41, 5.74) is 9.49. The van der Waals surface area contributed by atoms with E-state index in [9.17, 15) is 0 Å². The van der Waals surface area contributed by atoms with Crippen molar-refractivity contribution in [3.63, 3.8) is 0 Å². The molecule has 4 heteroatoms. The molecule has 2 N–H and O–H groups in total. The highest BCUT2D eigenvalue weighted by Crippen LogP contribution is 2.46. The standard InChI is InChI=1S/C34H28N4/c1-5-13-25(14-6-1)35-31-29-21-23-38(28-19-11-4-12-20-28)34(29)32(36-26-15-7-2-8-16-26)30-22-24-37(33(30)31)27-17-9-3-10-18-27/h1-24,31-32,35-36H. The number of anilines is 2. The average Bonchev–Trinajstić information content (AvgIpc) is 3.63. The molecule has 4 aromatic carbocycles. The molecule has 1 aliphatic carbocycles. The Kier molecular flexibility index (Phi) is 5.56. The maximum Gasteiger partial charge on any atom is 0.0945 e. The van der Waals surface area contributed by atoms with Gasteiger partial charge in [0, 0.05) is 46.3 Å². The molecule has 2 heterocycles. The van der Waals surface area contributed by atoms with Crippen LogP contribution in [0, 0.1) is 0 Å². The molecule has 7 rings (SSSR count). The molecule has 0 spiro atoms. The average molecular weight is 493 g/mol. The Labute approximate surface area is 222 Å². The number of hydrogen-bond donors (Lipinski definition) is 2. The zero-order chi connectivity index (χ0) is 25.3. The molecular weight excluding hydrogens is 464 g/mol. The van der Waals surface area contributed by atoms with Crippen molar-refractivity contribution < 1.29 is 0 Å². The fraction of sp³-hybridized carbons (Fsp3) is 0.0588. The first-order valence-corrected chi connectivity index (χ1v) is 13.0. The predicted molar refractivity (Wildman–Crippen MR) is 155 cm³/mol. The summed E-state index contributed by atoms with van der Waals surface area (Å²) in [5, 5.41) is 7.75. The van der Waals surface area contributed by atoms with Gasteiger partial charge in [0.2, 0.25) is 0 Å². The minimum absolute atomic E-state index is 0.0311. The van der Waals surface area contributed by atoms with Crippen LogP contribution in [0.4, 0.5) is 11.4 Å². The van der Waals surface area contributed by atoms with Crippen molar-refractivity contribution in [1.29, 1.82) is 0 Å². The van der Waals surface area contributed by atoms with Gasteiger partial charge in [0.25, 0.3) is 0 Å². The fourth-order valence-corrected chi connectivity index (χ4v) is 5.64. The molecule has 1 aliphatic rings. The number of para-hydroxylation sites is 4. The van der Waals surface area contributed by atoms with E-state index in [0.29, 0.717) is 0 Å². The second-order valence-electron chi connectivity index (χ2n) is 9.61. The first-order valence-electron chi connectivity index (χ1n) is 13.0. The molecule has 0 saturated carbocycles. The molecule has 2 unspecified atom stereocenters. The maximum atomic E-state index is 3.88. The Balaban J connectivity index is 1.46. The van der Waals surface area contributed by atoms with Crippen molar-refractivity contribution in [2.45, 2.75) is 12.1 Å². The van der Waals surface area contributed by atoms with Crippen LogP contribution in [0.5, 0.6) is 0 Å². The minimum Gasteiger partial charge on any atom is -0.373 e. The van der Waals surface area contributed by atoms with Gasteiger partial charge in [-0.2, -0.15) is 0 Å². The van der Waals surface area contributed by atoms with E-state index >= 15 is 0 Å². The lowest BCUT2D eigenvalue weighted by Gasteiger charge is -2.34. The van der Waals surface area contributed by atoms with Crippen LogP contribution in [0.15, 0.2) is 146 Å². The molecule has 0 fully saturated rings. The van der Waals surface area contributed by atoms with E-state index in [1.54, 1.807) is 0 Å². The number of rotatable bonds is 6. The van der Waals surface area contributed by atoms with Crippen LogP contribution in [0.25, 0.3) is 11.4 Å². The Morgan fingerprint density at radius 3 is 1.11 bits per heavy atom. The molecule has 2 atom stereocenters. The molecule has 0 amide bonds. The van der Waals surface area contributed by atoms with Crippen molar-refractivity contribution in [3.05, 3.63) is 168 Å². The summed E-state index contributed by atoms with van der Waals surface area (Å²) in [7, 11) is 0. The van der Waals surface area contributed by atoms with Gasteiger partial charge in [-0.1, -0.05) is 72.8 Å². The Bertz CT molecular complexity index is 1520. The SMILES string of the molecule is c1ccc(NC2c3ccn(-c4ccccc4)c3C(Nc3ccccc3)c3ccn(-c4ccccc4)c32)cc1. The molecule has 2 aromatic heterocycles. The van der Waals surface area contributed by atoms with E-state index in [4.69, 9.17) is 0 Å².